The Morgan fingerprint density at radius 2 is 1.89 bits per heavy atom. The summed E-state index contributed by atoms with van der Waals surface area (Å²) in [6, 6.07) is 9.10. The van der Waals surface area contributed by atoms with Crippen molar-refractivity contribution in [3.63, 3.8) is 0 Å². The molecule has 5 nitrogen and oxygen atoms in total. The van der Waals surface area contributed by atoms with Gasteiger partial charge in [0.05, 0.1) is 10.9 Å². The first-order valence-corrected chi connectivity index (χ1v) is 7.31. The molecule has 0 aliphatic heterocycles. The molecule has 94 valence electrons. The maximum absolute atomic E-state index is 11.7. The minimum Gasteiger partial charge on any atom is -0.283 e. The van der Waals surface area contributed by atoms with E-state index >= 15 is 0 Å². The number of nitrogens with one attached hydrogen (secondary N) is 2. The van der Waals surface area contributed by atoms with Crippen molar-refractivity contribution in [2.75, 3.05) is 4.72 Å². The molecule has 0 saturated heterocycles. The van der Waals surface area contributed by atoms with Gasteiger partial charge in [0.25, 0.3) is 0 Å². The van der Waals surface area contributed by atoms with Crippen LogP contribution in [0, 0.1) is 0 Å². The highest BCUT2D eigenvalue weighted by Crippen LogP contribution is 2.30. The standard InChI is InChI=1S/C12H13N3O2S/c16-18(17,11-5-6-11)15-10-3-1-9(2-4-10)12-7-8-13-14-12/h1-4,7-8,11,15H,5-6H2,(H,13,14). The molecule has 0 atom stereocenters. The average Bonchev–Trinajstić information content (AvgIpc) is 3.08. The van der Waals surface area contributed by atoms with Crippen molar-refractivity contribution in [2.24, 2.45) is 0 Å². The van der Waals surface area contributed by atoms with Crippen LogP contribution < -0.4 is 4.72 Å². The largest absolute Gasteiger partial charge is 0.283 e. The van der Waals surface area contributed by atoms with E-state index in [1.807, 2.05) is 18.2 Å². The molecule has 0 bridgehead atoms. The summed E-state index contributed by atoms with van der Waals surface area (Å²) in [6.07, 6.45) is 3.21. The lowest BCUT2D eigenvalue weighted by atomic mass is 10.1. The highest BCUT2D eigenvalue weighted by molar-refractivity contribution is 7.93. The van der Waals surface area contributed by atoms with E-state index in [1.54, 1.807) is 18.3 Å². The second-order valence-electron chi connectivity index (χ2n) is 4.39. The van der Waals surface area contributed by atoms with Gasteiger partial charge < -0.3 is 0 Å². The van der Waals surface area contributed by atoms with E-state index in [9.17, 15) is 8.42 Å². The molecule has 0 spiro atoms. The first-order chi connectivity index (χ1) is 8.65. The number of rotatable bonds is 4. The second-order valence-corrected chi connectivity index (χ2v) is 6.35. The molecule has 18 heavy (non-hydrogen) atoms. The number of hydrogen-bond donors (Lipinski definition) is 2. The number of anilines is 1. The molecule has 6 heteroatoms. The van der Waals surface area contributed by atoms with Crippen LogP contribution in [0.25, 0.3) is 11.3 Å². The fourth-order valence-corrected chi connectivity index (χ4v) is 3.15. The van der Waals surface area contributed by atoms with E-state index in [0.29, 0.717) is 5.69 Å². The monoisotopic (exact) mass is 263 g/mol. The molecule has 1 aliphatic carbocycles. The predicted molar refractivity (Wildman–Crippen MR) is 69.6 cm³/mol. The lowest BCUT2D eigenvalue weighted by molar-refractivity contribution is 0.600. The fourth-order valence-electron chi connectivity index (χ4n) is 1.76. The van der Waals surface area contributed by atoms with Crippen LogP contribution in [-0.2, 0) is 10.0 Å². The van der Waals surface area contributed by atoms with Crippen LogP contribution in [0.5, 0.6) is 0 Å². The van der Waals surface area contributed by atoms with Gasteiger partial charge in [0.1, 0.15) is 0 Å². The molecule has 0 radical (unpaired) electrons. The van der Waals surface area contributed by atoms with Gasteiger partial charge in [0.15, 0.2) is 0 Å². The first kappa shape index (κ1) is 11.3. The molecular weight excluding hydrogens is 250 g/mol. The minimum absolute atomic E-state index is 0.204. The van der Waals surface area contributed by atoms with E-state index in [0.717, 1.165) is 24.1 Å². The molecule has 0 amide bonds. The maximum atomic E-state index is 11.7. The van der Waals surface area contributed by atoms with Crippen molar-refractivity contribution in [1.29, 1.82) is 0 Å². The van der Waals surface area contributed by atoms with Crippen LogP contribution in [0.15, 0.2) is 36.5 Å². The normalized spacial score (nSPS) is 15.6. The van der Waals surface area contributed by atoms with Gasteiger partial charge >= 0.3 is 0 Å². The quantitative estimate of drug-likeness (QED) is 0.885. The van der Waals surface area contributed by atoms with Gasteiger partial charge in [-0.15, -0.1) is 0 Å². The third-order valence-electron chi connectivity index (χ3n) is 2.92. The molecular formula is C12H13N3O2S. The molecule has 1 aromatic carbocycles. The molecule has 0 unspecified atom stereocenters. The van der Waals surface area contributed by atoms with Gasteiger partial charge in [-0.2, -0.15) is 5.10 Å². The zero-order valence-electron chi connectivity index (χ0n) is 9.63. The molecule has 1 aromatic heterocycles. The van der Waals surface area contributed by atoms with Gasteiger partial charge in [-0.1, -0.05) is 12.1 Å². The third kappa shape index (κ3) is 2.24. The number of hydrogen-bond acceptors (Lipinski definition) is 3. The fraction of sp³-hybridized carbons (Fsp3) is 0.250. The number of sulfonamides is 1. The zero-order valence-corrected chi connectivity index (χ0v) is 10.4. The average molecular weight is 263 g/mol. The number of benzene rings is 1. The van der Waals surface area contributed by atoms with Crippen LogP contribution in [-0.4, -0.2) is 23.9 Å². The van der Waals surface area contributed by atoms with Crippen molar-refractivity contribution in [3.05, 3.63) is 36.5 Å². The van der Waals surface area contributed by atoms with E-state index in [4.69, 9.17) is 0 Å². The highest BCUT2D eigenvalue weighted by Gasteiger charge is 2.35. The van der Waals surface area contributed by atoms with Crippen LogP contribution in [0.3, 0.4) is 0 Å². The topological polar surface area (TPSA) is 74.8 Å². The van der Waals surface area contributed by atoms with E-state index < -0.39 is 10.0 Å². The van der Waals surface area contributed by atoms with Crippen molar-refractivity contribution < 1.29 is 8.42 Å². The third-order valence-corrected chi connectivity index (χ3v) is 4.79. The van der Waals surface area contributed by atoms with Gasteiger partial charge in [-0.25, -0.2) is 8.42 Å². The first-order valence-electron chi connectivity index (χ1n) is 5.76. The Kier molecular flexibility index (Phi) is 2.59. The number of aromatic nitrogens is 2. The van der Waals surface area contributed by atoms with E-state index in [1.165, 1.54) is 0 Å². The molecule has 2 aromatic rings. The van der Waals surface area contributed by atoms with Crippen LogP contribution in [0.4, 0.5) is 5.69 Å². The lowest BCUT2D eigenvalue weighted by Crippen LogP contribution is -2.17. The van der Waals surface area contributed by atoms with Crippen molar-refractivity contribution in [2.45, 2.75) is 18.1 Å². The summed E-state index contributed by atoms with van der Waals surface area (Å²) in [5.41, 5.74) is 2.48. The van der Waals surface area contributed by atoms with Gasteiger partial charge in [-0.05, 0) is 36.6 Å². The highest BCUT2D eigenvalue weighted by atomic mass is 32.2. The molecule has 3 rings (SSSR count). The zero-order chi connectivity index (χ0) is 12.6. The number of nitrogens with zero attached hydrogens (tertiary/aromatic N) is 1. The summed E-state index contributed by atoms with van der Waals surface area (Å²) in [5.74, 6) is 0. The summed E-state index contributed by atoms with van der Waals surface area (Å²) < 4.78 is 26.1. The Morgan fingerprint density at radius 3 is 2.44 bits per heavy atom. The number of H-pyrrole nitrogens is 1. The van der Waals surface area contributed by atoms with Gasteiger partial charge in [0.2, 0.25) is 10.0 Å². The summed E-state index contributed by atoms with van der Waals surface area (Å²) in [6.45, 7) is 0. The van der Waals surface area contributed by atoms with Crippen molar-refractivity contribution in [1.82, 2.24) is 10.2 Å². The summed E-state index contributed by atoms with van der Waals surface area (Å²) in [5, 5.41) is 6.53. The molecule has 1 aliphatic rings. The maximum Gasteiger partial charge on any atom is 0.235 e. The molecule has 1 fully saturated rings. The summed E-state index contributed by atoms with van der Waals surface area (Å²) in [4.78, 5) is 0. The Labute approximate surface area is 105 Å². The van der Waals surface area contributed by atoms with Crippen LogP contribution in [0.2, 0.25) is 0 Å². The van der Waals surface area contributed by atoms with Crippen molar-refractivity contribution >= 4 is 15.7 Å². The molecule has 1 heterocycles. The lowest BCUT2D eigenvalue weighted by Gasteiger charge is -2.07. The predicted octanol–water partition coefficient (Wildman–Crippen LogP) is 1.98. The molecule has 2 N–H and O–H groups in total. The second kappa shape index (κ2) is 4.13. The van der Waals surface area contributed by atoms with Crippen molar-refractivity contribution in [3.8, 4) is 11.3 Å². The smallest absolute Gasteiger partial charge is 0.235 e. The minimum atomic E-state index is -3.18. The number of aromatic amines is 1. The van der Waals surface area contributed by atoms with Crippen LogP contribution >= 0.6 is 0 Å². The van der Waals surface area contributed by atoms with E-state index in [-0.39, 0.29) is 5.25 Å². The Hall–Kier alpha value is -1.82. The van der Waals surface area contributed by atoms with E-state index in [2.05, 4.69) is 14.9 Å². The summed E-state index contributed by atoms with van der Waals surface area (Å²) >= 11 is 0. The van der Waals surface area contributed by atoms with Crippen LogP contribution in [0.1, 0.15) is 12.8 Å². The Balaban J connectivity index is 1.79. The Bertz CT molecular complexity index is 628. The summed E-state index contributed by atoms with van der Waals surface area (Å²) in [7, 11) is -3.18. The molecule has 1 saturated carbocycles. The SMILES string of the molecule is O=S(=O)(Nc1ccc(-c2ccn[nH]2)cc1)C1CC1. The Morgan fingerprint density at radius 1 is 1.17 bits per heavy atom. The van der Waals surface area contributed by atoms with Gasteiger partial charge in [0, 0.05) is 11.9 Å². The van der Waals surface area contributed by atoms with Gasteiger partial charge in [-0.3, -0.25) is 9.82 Å².